The fourth-order valence-corrected chi connectivity index (χ4v) is 1.56. The highest BCUT2D eigenvalue weighted by atomic mass is 16.5. The molecule has 0 heterocycles. The number of amides is 1. The Morgan fingerprint density at radius 1 is 1.41 bits per heavy atom. The van der Waals surface area contributed by atoms with Crippen LogP contribution >= 0.6 is 0 Å². The largest absolute Gasteiger partial charge is 0.493 e. The van der Waals surface area contributed by atoms with Gasteiger partial charge in [-0.3, -0.25) is 4.79 Å². The smallest absolute Gasteiger partial charge is 0.223 e. The molecule has 0 radical (unpaired) electrons. The first-order chi connectivity index (χ1) is 8.29. The number of benzene rings is 1. The van der Waals surface area contributed by atoms with Crippen molar-refractivity contribution in [2.45, 2.75) is 31.9 Å². The van der Waals surface area contributed by atoms with E-state index in [4.69, 9.17) is 9.84 Å². The minimum absolute atomic E-state index is 0.0361. The Hall–Kier alpha value is -1.55. The lowest BCUT2D eigenvalue weighted by molar-refractivity contribution is -0.121. The van der Waals surface area contributed by atoms with E-state index in [1.807, 2.05) is 12.1 Å². The van der Waals surface area contributed by atoms with Crippen LogP contribution in [0, 0.1) is 0 Å². The lowest BCUT2D eigenvalue weighted by Gasteiger charge is -2.09. The average molecular weight is 235 g/mol. The predicted molar refractivity (Wildman–Crippen MR) is 63.6 cm³/mol. The standard InChI is InChI=1S/C13H17NO3/c15-9-10-3-1-2-4-12(10)17-8-7-13(16)14-11-5-6-11/h1-4,11,15H,5-9H2,(H,14,16). The molecule has 0 atom stereocenters. The molecule has 4 heteroatoms. The summed E-state index contributed by atoms with van der Waals surface area (Å²) < 4.78 is 5.48. The van der Waals surface area contributed by atoms with Gasteiger partial charge in [0.25, 0.3) is 0 Å². The zero-order valence-corrected chi connectivity index (χ0v) is 9.69. The van der Waals surface area contributed by atoms with E-state index in [0.29, 0.717) is 24.8 Å². The highest BCUT2D eigenvalue weighted by molar-refractivity contribution is 5.76. The minimum atomic E-state index is -0.0511. The van der Waals surface area contributed by atoms with Crippen LogP contribution in [0.3, 0.4) is 0 Å². The number of carbonyl (C=O) groups excluding carboxylic acids is 1. The van der Waals surface area contributed by atoms with Gasteiger partial charge in [-0.05, 0) is 18.9 Å². The van der Waals surface area contributed by atoms with Gasteiger partial charge in [-0.1, -0.05) is 18.2 Å². The summed E-state index contributed by atoms with van der Waals surface area (Å²) in [5.41, 5.74) is 0.745. The second-order valence-electron chi connectivity index (χ2n) is 4.21. The number of hydrogen-bond acceptors (Lipinski definition) is 3. The first-order valence-corrected chi connectivity index (χ1v) is 5.90. The van der Waals surface area contributed by atoms with Crippen molar-refractivity contribution in [1.29, 1.82) is 0 Å². The predicted octanol–water partition coefficient (Wildman–Crippen LogP) is 1.23. The van der Waals surface area contributed by atoms with Crippen LogP contribution in [-0.2, 0) is 11.4 Å². The van der Waals surface area contributed by atoms with Gasteiger partial charge in [0.2, 0.25) is 5.91 Å². The molecule has 1 aliphatic carbocycles. The van der Waals surface area contributed by atoms with Gasteiger partial charge in [0, 0.05) is 11.6 Å². The van der Waals surface area contributed by atoms with E-state index in [1.165, 1.54) is 0 Å². The van der Waals surface area contributed by atoms with Gasteiger partial charge in [0.1, 0.15) is 5.75 Å². The molecule has 1 aromatic rings. The molecule has 0 aliphatic heterocycles. The Balaban J connectivity index is 1.74. The highest BCUT2D eigenvalue weighted by Gasteiger charge is 2.22. The summed E-state index contributed by atoms with van der Waals surface area (Å²) in [5, 5.41) is 12.0. The van der Waals surface area contributed by atoms with Gasteiger partial charge in [-0.15, -0.1) is 0 Å². The van der Waals surface area contributed by atoms with E-state index >= 15 is 0 Å². The summed E-state index contributed by atoms with van der Waals surface area (Å²) in [7, 11) is 0. The maximum Gasteiger partial charge on any atom is 0.223 e. The Bertz CT molecular complexity index is 388. The normalized spacial score (nSPS) is 14.4. The Kier molecular flexibility index (Phi) is 3.98. The van der Waals surface area contributed by atoms with Gasteiger partial charge in [0.05, 0.1) is 19.6 Å². The van der Waals surface area contributed by atoms with Crippen molar-refractivity contribution >= 4 is 5.91 Å². The van der Waals surface area contributed by atoms with Gasteiger partial charge in [-0.25, -0.2) is 0 Å². The van der Waals surface area contributed by atoms with Crippen LogP contribution in [0.5, 0.6) is 5.75 Å². The van der Waals surface area contributed by atoms with Crippen molar-refractivity contribution in [3.8, 4) is 5.75 Å². The monoisotopic (exact) mass is 235 g/mol. The summed E-state index contributed by atoms with van der Waals surface area (Å²) in [6.07, 6.45) is 2.55. The van der Waals surface area contributed by atoms with Crippen LogP contribution < -0.4 is 10.1 Å². The zero-order chi connectivity index (χ0) is 12.1. The van der Waals surface area contributed by atoms with Gasteiger partial charge in [0.15, 0.2) is 0 Å². The third-order valence-corrected chi connectivity index (χ3v) is 2.67. The first-order valence-electron chi connectivity index (χ1n) is 5.90. The molecule has 0 spiro atoms. The van der Waals surface area contributed by atoms with Crippen LogP contribution in [0.4, 0.5) is 0 Å². The Morgan fingerprint density at radius 3 is 2.88 bits per heavy atom. The topological polar surface area (TPSA) is 58.6 Å². The molecule has 4 nitrogen and oxygen atoms in total. The number of aliphatic hydroxyl groups is 1. The Labute approximate surface area is 101 Å². The summed E-state index contributed by atoms with van der Waals surface area (Å²) in [5.74, 6) is 0.684. The summed E-state index contributed by atoms with van der Waals surface area (Å²) in [6, 6.07) is 7.69. The SMILES string of the molecule is O=C(CCOc1ccccc1CO)NC1CC1. The Morgan fingerprint density at radius 2 is 2.18 bits per heavy atom. The average Bonchev–Trinajstić information content (AvgIpc) is 3.13. The van der Waals surface area contributed by atoms with E-state index in [-0.39, 0.29) is 12.5 Å². The maximum absolute atomic E-state index is 11.4. The van der Waals surface area contributed by atoms with Crippen LogP contribution in [-0.4, -0.2) is 23.7 Å². The number of carbonyl (C=O) groups is 1. The number of aliphatic hydroxyl groups excluding tert-OH is 1. The molecule has 0 unspecified atom stereocenters. The van der Waals surface area contributed by atoms with E-state index in [0.717, 1.165) is 18.4 Å². The lowest BCUT2D eigenvalue weighted by Crippen LogP contribution is -2.26. The fraction of sp³-hybridized carbons (Fsp3) is 0.462. The second-order valence-corrected chi connectivity index (χ2v) is 4.21. The maximum atomic E-state index is 11.4. The van der Waals surface area contributed by atoms with Gasteiger partial charge >= 0.3 is 0 Å². The number of rotatable bonds is 6. The van der Waals surface area contributed by atoms with E-state index in [9.17, 15) is 4.79 Å². The third-order valence-electron chi connectivity index (χ3n) is 2.67. The molecule has 2 N–H and O–H groups in total. The van der Waals surface area contributed by atoms with Crippen LogP contribution in [0.1, 0.15) is 24.8 Å². The number of para-hydroxylation sites is 1. The zero-order valence-electron chi connectivity index (χ0n) is 9.69. The van der Waals surface area contributed by atoms with Crippen molar-refractivity contribution in [2.24, 2.45) is 0 Å². The van der Waals surface area contributed by atoms with Crippen LogP contribution in [0.25, 0.3) is 0 Å². The third kappa shape index (κ3) is 3.75. The molecule has 92 valence electrons. The van der Waals surface area contributed by atoms with Crippen molar-refractivity contribution in [2.75, 3.05) is 6.61 Å². The fourth-order valence-electron chi connectivity index (χ4n) is 1.56. The molecular weight excluding hydrogens is 218 g/mol. The summed E-state index contributed by atoms with van der Waals surface area (Å²) >= 11 is 0. The molecular formula is C13H17NO3. The lowest BCUT2D eigenvalue weighted by atomic mass is 10.2. The summed E-state index contributed by atoms with van der Waals surface area (Å²) in [6.45, 7) is 0.292. The molecule has 0 bridgehead atoms. The molecule has 1 aliphatic rings. The molecule has 1 fully saturated rings. The minimum Gasteiger partial charge on any atom is -0.493 e. The molecule has 1 aromatic carbocycles. The second kappa shape index (κ2) is 5.68. The molecule has 0 saturated heterocycles. The molecule has 0 aromatic heterocycles. The first kappa shape index (κ1) is 11.9. The van der Waals surface area contributed by atoms with Crippen molar-refractivity contribution < 1.29 is 14.6 Å². The van der Waals surface area contributed by atoms with E-state index < -0.39 is 0 Å². The molecule has 1 saturated carbocycles. The van der Waals surface area contributed by atoms with E-state index in [1.54, 1.807) is 12.1 Å². The molecule has 2 rings (SSSR count). The molecule has 17 heavy (non-hydrogen) atoms. The number of nitrogens with one attached hydrogen (secondary N) is 1. The van der Waals surface area contributed by atoms with Crippen LogP contribution in [0.15, 0.2) is 24.3 Å². The van der Waals surface area contributed by atoms with Crippen molar-refractivity contribution in [1.82, 2.24) is 5.32 Å². The van der Waals surface area contributed by atoms with Crippen LogP contribution in [0.2, 0.25) is 0 Å². The van der Waals surface area contributed by atoms with Gasteiger partial charge in [-0.2, -0.15) is 0 Å². The summed E-state index contributed by atoms with van der Waals surface area (Å²) in [4.78, 5) is 11.4. The number of ether oxygens (including phenoxy) is 1. The number of hydrogen-bond donors (Lipinski definition) is 2. The van der Waals surface area contributed by atoms with E-state index in [2.05, 4.69) is 5.32 Å². The van der Waals surface area contributed by atoms with Crippen molar-refractivity contribution in [3.63, 3.8) is 0 Å². The molecule has 1 amide bonds. The quantitative estimate of drug-likeness (QED) is 0.779. The van der Waals surface area contributed by atoms with Gasteiger partial charge < -0.3 is 15.2 Å². The van der Waals surface area contributed by atoms with Crippen molar-refractivity contribution in [3.05, 3.63) is 29.8 Å². The highest BCUT2D eigenvalue weighted by Crippen LogP contribution is 2.19.